The lowest BCUT2D eigenvalue weighted by atomic mass is 9.86. The number of rotatable bonds is 11. The van der Waals surface area contributed by atoms with Crippen molar-refractivity contribution in [3.63, 3.8) is 0 Å². The van der Waals surface area contributed by atoms with Crippen molar-refractivity contribution in [2.45, 2.75) is 68.8 Å². The summed E-state index contributed by atoms with van der Waals surface area (Å²) in [5, 5.41) is 10.0. The van der Waals surface area contributed by atoms with Crippen molar-refractivity contribution >= 4 is 44.6 Å². The molecule has 1 aliphatic heterocycles. The molecule has 3 heterocycles. The number of alkyl halides is 1. The van der Waals surface area contributed by atoms with Gasteiger partial charge in [0.1, 0.15) is 17.4 Å². The number of hydrogen-bond acceptors (Lipinski definition) is 9. The number of piperidine rings is 1. The minimum absolute atomic E-state index is 0.0685. The number of nitrogens with one attached hydrogen (secondary N) is 2. The van der Waals surface area contributed by atoms with Gasteiger partial charge in [0.15, 0.2) is 5.82 Å². The molecule has 41 heavy (non-hydrogen) atoms. The summed E-state index contributed by atoms with van der Waals surface area (Å²) in [5.41, 5.74) is 3.40. The van der Waals surface area contributed by atoms with Gasteiger partial charge in [-0.05, 0) is 88.7 Å². The Labute approximate surface area is 245 Å². The first kappa shape index (κ1) is 29.5. The Morgan fingerprint density at radius 3 is 2.54 bits per heavy atom. The highest BCUT2D eigenvalue weighted by molar-refractivity contribution is 7.92. The number of benzene rings is 1. The van der Waals surface area contributed by atoms with Crippen LogP contribution >= 0.6 is 11.6 Å². The maximum Gasteiger partial charge on any atom is 0.229 e. The summed E-state index contributed by atoms with van der Waals surface area (Å²) >= 11 is 6.41. The van der Waals surface area contributed by atoms with Crippen LogP contribution in [0.4, 0.5) is 27.5 Å². The molecule has 3 aromatic rings. The molecule has 1 saturated carbocycles. The maximum atomic E-state index is 12.9. The third-order valence-corrected chi connectivity index (χ3v) is 9.90. The topological polar surface area (TPSA) is 114 Å². The second-order valence-electron chi connectivity index (χ2n) is 11.1. The van der Waals surface area contributed by atoms with Crippen LogP contribution in [-0.4, -0.2) is 70.7 Å². The van der Waals surface area contributed by atoms with E-state index in [4.69, 9.17) is 16.3 Å². The first-order valence-electron chi connectivity index (χ1n) is 14.0. The van der Waals surface area contributed by atoms with Gasteiger partial charge < -0.3 is 20.3 Å². The van der Waals surface area contributed by atoms with Gasteiger partial charge in [-0.3, -0.25) is 4.68 Å². The van der Waals surface area contributed by atoms with Crippen molar-refractivity contribution in [2.75, 3.05) is 36.9 Å². The molecule has 5 rings (SSSR count). The van der Waals surface area contributed by atoms with E-state index in [1.807, 2.05) is 0 Å². The van der Waals surface area contributed by atoms with E-state index in [0.29, 0.717) is 12.5 Å². The van der Waals surface area contributed by atoms with Crippen molar-refractivity contribution in [1.29, 1.82) is 0 Å². The smallest absolute Gasteiger partial charge is 0.229 e. The van der Waals surface area contributed by atoms with E-state index in [2.05, 4.69) is 49.7 Å². The van der Waals surface area contributed by atoms with Crippen molar-refractivity contribution in [3.05, 3.63) is 40.7 Å². The lowest BCUT2D eigenvalue weighted by Gasteiger charge is -2.32. The summed E-state index contributed by atoms with van der Waals surface area (Å²) in [6, 6.07) is 4.18. The molecule has 222 valence electrons. The van der Waals surface area contributed by atoms with E-state index in [-0.39, 0.29) is 40.3 Å². The summed E-state index contributed by atoms with van der Waals surface area (Å²) < 4.78 is 46.3. The molecule has 0 amide bonds. The molecule has 0 atom stereocenters. The Kier molecular flexibility index (Phi) is 8.72. The standard InChI is InChI=1S/C28H37ClFN7O3S/c1-17(2)41(38,39)27-24(16-36(4)35-27)32-26-22(29)15-31-28(34-26)33-23-13-18(3)21(14-25(23)40-20-5-6-20)19-7-10-37(11-8-19)12-9-30/h13-17,19-20H,5-12H2,1-4H3,(H2,31,32,33,34). The third-order valence-electron chi connectivity index (χ3n) is 7.54. The van der Waals surface area contributed by atoms with Crippen molar-refractivity contribution < 1.29 is 17.5 Å². The summed E-state index contributed by atoms with van der Waals surface area (Å²) in [4.78, 5) is 11.1. The Hall–Kier alpha value is -2.96. The van der Waals surface area contributed by atoms with Gasteiger partial charge in [0, 0.05) is 19.8 Å². The molecule has 1 aromatic carbocycles. The molecular formula is C28H37ClFN7O3S. The predicted octanol–water partition coefficient (Wildman–Crippen LogP) is 5.53. The largest absolute Gasteiger partial charge is 0.488 e. The lowest BCUT2D eigenvalue weighted by molar-refractivity contribution is 0.196. The van der Waals surface area contributed by atoms with Crippen molar-refractivity contribution in [3.8, 4) is 5.75 Å². The van der Waals surface area contributed by atoms with E-state index < -0.39 is 15.1 Å². The number of halogens is 2. The van der Waals surface area contributed by atoms with Crippen LogP contribution < -0.4 is 15.4 Å². The van der Waals surface area contributed by atoms with Crippen LogP contribution in [0.5, 0.6) is 5.75 Å². The number of likely N-dealkylation sites (tertiary alicyclic amines) is 1. The van der Waals surface area contributed by atoms with Gasteiger partial charge in [-0.25, -0.2) is 17.8 Å². The summed E-state index contributed by atoms with van der Waals surface area (Å²) in [5.74, 6) is 1.65. The van der Waals surface area contributed by atoms with E-state index in [1.54, 1.807) is 27.1 Å². The Balaban J connectivity index is 1.40. The van der Waals surface area contributed by atoms with E-state index in [0.717, 1.165) is 55.8 Å². The van der Waals surface area contributed by atoms with Gasteiger partial charge in [0.05, 0.1) is 28.9 Å². The highest BCUT2D eigenvalue weighted by Gasteiger charge is 2.29. The molecule has 10 nitrogen and oxygen atoms in total. The molecule has 2 N–H and O–H groups in total. The molecule has 0 bridgehead atoms. The molecule has 0 spiro atoms. The fourth-order valence-electron chi connectivity index (χ4n) is 5.04. The van der Waals surface area contributed by atoms with Gasteiger partial charge in [-0.15, -0.1) is 0 Å². The molecule has 1 saturated heterocycles. The maximum absolute atomic E-state index is 12.9. The van der Waals surface area contributed by atoms with Crippen LogP contribution in [0.25, 0.3) is 0 Å². The normalized spacial score (nSPS) is 16.8. The highest BCUT2D eigenvalue weighted by Crippen LogP contribution is 2.40. The highest BCUT2D eigenvalue weighted by atomic mass is 35.5. The molecule has 1 aliphatic carbocycles. The Bertz CT molecular complexity index is 1500. The minimum Gasteiger partial charge on any atom is -0.488 e. The number of aryl methyl sites for hydroxylation is 2. The zero-order chi connectivity index (χ0) is 29.3. The zero-order valence-electron chi connectivity index (χ0n) is 23.8. The summed E-state index contributed by atoms with van der Waals surface area (Å²) in [6.07, 6.45) is 7.22. The minimum atomic E-state index is -3.65. The monoisotopic (exact) mass is 605 g/mol. The second kappa shape index (κ2) is 12.1. The summed E-state index contributed by atoms with van der Waals surface area (Å²) in [6.45, 7) is 7.27. The third kappa shape index (κ3) is 6.76. The van der Waals surface area contributed by atoms with Crippen LogP contribution in [0, 0.1) is 6.92 Å². The average molecular weight is 606 g/mol. The van der Waals surface area contributed by atoms with Crippen molar-refractivity contribution in [1.82, 2.24) is 24.6 Å². The number of aromatic nitrogens is 4. The van der Waals surface area contributed by atoms with Crippen LogP contribution in [0.15, 0.2) is 29.6 Å². The Morgan fingerprint density at radius 2 is 1.88 bits per heavy atom. The molecule has 2 aromatic heterocycles. The molecule has 13 heteroatoms. The SMILES string of the molecule is Cc1cc(Nc2ncc(Cl)c(Nc3cn(C)nc3S(=O)(=O)C(C)C)n2)c(OC2CC2)cc1C1CCN(CCF)CC1. The lowest BCUT2D eigenvalue weighted by Crippen LogP contribution is -2.34. The summed E-state index contributed by atoms with van der Waals surface area (Å²) in [7, 11) is -1.99. The quantitative estimate of drug-likeness (QED) is 0.291. The van der Waals surface area contributed by atoms with Gasteiger partial charge in [-0.2, -0.15) is 10.1 Å². The van der Waals surface area contributed by atoms with E-state index >= 15 is 0 Å². The molecule has 2 aliphatic rings. The zero-order valence-corrected chi connectivity index (χ0v) is 25.4. The van der Waals surface area contributed by atoms with E-state index in [1.165, 1.54) is 16.4 Å². The number of ether oxygens (including phenoxy) is 1. The first-order chi connectivity index (χ1) is 19.5. The van der Waals surface area contributed by atoms with Crippen LogP contribution in [0.3, 0.4) is 0 Å². The van der Waals surface area contributed by atoms with Gasteiger partial charge in [-0.1, -0.05) is 11.6 Å². The van der Waals surface area contributed by atoms with Crippen LogP contribution in [0.1, 0.15) is 56.6 Å². The first-order valence-corrected chi connectivity index (χ1v) is 15.9. The fraction of sp³-hybridized carbons (Fsp3) is 0.536. The fourth-order valence-corrected chi connectivity index (χ4v) is 6.28. The second-order valence-corrected chi connectivity index (χ2v) is 13.9. The Morgan fingerprint density at radius 1 is 1.15 bits per heavy atom. The predicted molar refractivity (Wildman–Crippen MR) is 158 cm³/mol. The number of anilines is 4. The van der Waals surface area contributed by atoms with Gasteiger partial charge in [0.2, 0.25) is 20.8 Å². The average Bonchev–Trinajstić information content (AvgIpc) is 3.67. The number of sulfone groups is 1. The van der Waals surface area contributed by atoms with Crippen LogP contribution in [0.2, 0.25) is 5.02 Å². The number of hydrogen-bond donors (Lipinski definition) is 2. The van der Waals surface area contributed by atoms with Crippen molar-refractivity contribution in [2.24, 2.45) is 7.05 Å². The molecular weight excluding hydrogens is 569 g/mol. The van der Waals surface area contributed by atoms with E-state index in [9.17, 15) is 12.8 Å². The van der Waals surface area contributed by atoms with Crippen LogP contribution in [-0.2, 0) is 16.9 Å². The van der Waals surface area contributed by atoms with Gasteiger partial charge in [0.25, 0.3) is 0 Å². The molecule has 2 fully saturated rings. The number of nitrogens with zero attached hydrogens (tertiary/aromatic N) is 5. The molecule has 0 radical (unpaired) electrons. The van der Waals surface area contributed by atoms with Gasteiger partial charge >= 0.3 is 0 Å². The molecule has 0 unspecified atom stereocenters.